The highest BCUT2D eigenvalue weighted by atomic mass is 32.1. The highest BCUT2D eigenvalue weighted by molar-refractivity contribution is 7.80. The molecule has 0 saturated heterocycles. The molecule has 0 bridgehead atoms. The molecule has 160 valence electrons. The first-order chi connectivity index (χ1) is 14.1. The lowest BCUT2D eigenvalue weighted by Gasteiger charge is -2.24. The third-order valence-electron chi connectivity index (χ3n) is 4.83. The molecule has 0 saturated carbocycles. The van der Waals surface area contributed by atoms with Crippen LogP contribution < -0.4 is 21.1 Å². The van der Waals surface area contributed by atoms with Crippen molar-refractivity contribution in [1.82, 2.24) is 5.32 Å². The third kappa shape index (κ3) is 6.56. The maximum absolute atomic E-state index is 12.7. The Morgan fingerprint density at radius 2 is 1.83 bits per heavy atom. The van der Waals surface area contributed by atoms with Crippen LogP contribution in [-0.2, 0) is 4.79 Å². The standard InChI is InChI=1S/C23H29N3O3S/c1-15-10-11-16(2)19(14-15)29-13-7-12-23(3,4)21(28)26-22(30)25-18-9-6-5-8-17(18)20(24)27/h5-6,8-11,14H,7,12-13H2,1-4H3,(H2,24,27)(H2,25,26,28,30). The number of para-hydroxylation sites is 1. The summed E-state index contributed by atoms with van der Waals surface area (Å²) in [5.74, 6) is 0.0930. The van der Waals surface area contributed by atoms with E-state index in [9.17, 15) is 9.59 Å². The molecule has 0 unspecified atom stereocenters. The number of aryl methyl sites for hydroxylation is 2. The summed E-state index contributed by atoms with van der Waals surface area (Å²) in [6.07, 6.45) is 1.35. The molecule has 2 aromatic rings. The Hall–Kier alpha value is -2.93. The summed E-state index contributed by atoms with van der Waals surface area (Å²) >= 11 is 5.23. The van der Waals surface area contributed by atoms with E-state index in [1.807, 2.05) is 39.8 Å². The predicted octanol–water partition coefficient (Wildman–Crippen LogP) is 4.10. The molecule has 7 heteroatoms. The lowest BCUT2D eigenvalue weighted by atomic mass is 9.87. The van der Waals surface area contributed by atoms with E-state index in [1.165, 1.54) is 0 Å². The van der Waals surface area contributed by atoms with E-state index in [2.05, 4.69) is 16.7 Å². The quantitative estimate of drug-likeness (QED) is 0.436. The molecule has 0 aliphatic carbocycles. The van der Waals surface area contributed by atoms with Gasteiger partial charge in [-0.1, -0.05) is 38.1 Å². The second kappa shape index (κ2) is 10.2. The Balaban J connectivity index is 1.85. The van der Waals surface area contributed by atoms with Crippen molar-refractivity contribution in [3.63, 3.8) is 0 Å². The predicted molar refractivity (Wildman–Crippen MR) is 124 cm³/mol. The molecule has 2 rings (SSSR count). The summed E-state index contributed by atoms with van der Waals surface area (Å²) in [6.45, 7) is 8.28. The summed E-state index contributed by atoms with van der Waals surface area (Å²) in [5, 5.41) is 5.69. The normalized spacial score (nSPS) is 10.9. The number of carbonyl (C=O) groups is 2. The number of rotatable bonds is 8. The fourth-order valence-electron chi connectivity index (χ4n) is 2.91. The zero-order valence-corrected chi connectivity index (χ0v) is 18.7. The number of ether oxygens (including phenoxy) is 1. The van der Waals surface area contributed by atoms with Crippen LogP contribution in [-0.4, -0.2) is 23.5 Å². The van der Waals surface area contributed by atoms with Crippen molar-refractivity contribution in [3.05, 3.63) is 59.2 Å². The highest BCUT2D eigenvalue weighted by Crippen LogP contribution is 2.24. The van der Waals surface area contributed by atoms with Gasteiger partial charge in [0, 0.05) is 5.41 Å². The Morgan fingerprint density at radius 1 is 1.13 bits per heavy atom. The van der Waals surface area contributed by atoms with Crippen molar-refractivity contribution < 1.29 is 14.3 Å². The number of nitrogens with two attached hydrogens (primary N) is 1. The molecule has 0 atom stereocenters. The molecule has 2 amide bonds. The number of benzene rings is 2. The molecule has 0 aromatic heterocycles. The zero-order valence-electron chi connectivity index (χ0n) is 17.9. The third-order valence-corrected chi connectivity index (χ3v) is 5.03. The topological polar surface area (TPSA) is 93.4 Å². The van der Waals surface area contributed by atoms with Gasteiger partial charge in [-0.15, -0.1) is 0 Å². The van der Waals surface area contributed by atoms with E-state index < -0.39 is 11.3 Å². The van der Waals surface area contributed by atoms with Crippen LogP contribution in [0.1, 0.15) is 48.2 Å². The lowest BCUT2D eigenvalue weighted by molar-refractivity contribution is -0.128. The first-order valence-electron chi connectivity index (χ1n) is 9.81. The number of nitrogens with one attached hydrogen (secondary N) is 2. The van der Waals surface area contributed by atoms with Crippen molar-refractivity contribution in [2.75, 3.05) is 11.9 Å². The van der Waals surface area contributed by atoms with Crippen molar-refractivity contribution in [1.29, 1.82) is 0 Å². The number of amides is 2. The Bertz CT molecular complexity index is 941. The summed E-state index contributed by atoms with van der Waals surface area (Å²) in [5.41, 5.74) is 7.72. The molecule has 0 fully saturated rings. The fraction of sp³-hybridized carbons (Fsp3) is 0.348. The van der Waals surface area contributed by atoms with Gasteiger partial charge in [0.2, 0.25) is 5.91 Å². The molecule has 4 N–H and O–H groups in total. The number of carbonyl (C=O) groups excluding carboxylic acids is 2. The van der Waals surface area contributed by atoms with Gasteiger partial charge in [-0.25, -0.2) is 0 Å². The first kappa shape index (κ1) is 23.3. The first-order valence-corrected chi connectivity index (χ1v) is 10.2. The summed E-state index contributed by atoms with van der Waals surface area (Å²) in [7, 11) is 0. The molecule has 0 heterocycles. The maximum atomic E-state index is 12.7. The summed E-state index contributed by atoms with van der Waals surface area (Å²) in [4.78, 5) is 24.2. The summed E-state index contributed by atoms with van der Waals surface area (Å²) < 4.78 is 5.87. The van der Waals surface area contributed by atoms with E-state index >= 15 is 0 Å². The summed E-state index contributed by atoms with van der Waals surface area (Å²) in [6, 6.07) is 12.8. The minimum atomic E-state index is -0.639. The van der Waals surface area contributed by atoms with Crippen molar-refractivity contribution in [2.24, 2.45) is 11.1 Å². The molecule has 30 heavy (non-hydrogen) atoms. The monoisotopic (exact) mass is 427 g/mol. The van der Waals surface area contributed by atoms with E-state index in [1.54, 1.807) is 24.3 Å². The molecule has 6 nitrogen and oxygen atoms in total. The Morgan fingerprint density at radius 3 is 2.53 bits per heavy atom. The van der Waals surface area contributed by atoms with E-state index in [0.717, 1.165) is 23.3 Å². The molecule has 2 aromatic carbocycles. The van der Waals surface area contributed by atoms with Gasteiger partial charge in [0.25, 0.3) is 5.91 Å². The van der Waals surface area contributed by atoms with Crippen LogP contribution in [0, 0.1) is 19.3 Å². The van der Waals surface area contributed by atoms with Gasteiger partial charge in [0.05, 0.1) is 17.9 Å². The molecular weight excluding hydrogens is 398 g/mol. The van der Waals surface area contributed by atoms with Crippen LogP contribution in [0.4, 0.5) is 5.69 Å². The zero-order chi connectivity index (χ0) is 22.3. The fourth-order valence-corrected chi connectivity index (χ4v) is 3.11. The van der Waals surface area contributed by atoms with Crippen LogP contribution in [0.5, 0.6) is 5.75 Å². The van der Waals surface area contributed by atoms with Crippen LogP contribution in [0.3, 0.4) is 0 Å². The second-order valence-corrected chi connectivity index (χ2v) is 8.33. The molecular formula is C23H29N3O3S. The molecule has 0 spiro atoms. The largest absolute Gasteiger partial charge is 0.493 e. The Kier molecular flexibility index (Phi) is 7.94. The number of thiocarbonyl (C=S) groups is 1. The maximum Gasteiger partial charge on any atom is 0.250 e. The molecule has 0 radical (unpaired) electrons. The average molecular weight is 428 g/mol. The van der Waals surface area contributed by atoms with E-state index in [4.69, 9.17) is 22.7 Å². The van der Waals surface area contributed by atoms with Crippen molar-refractivity contribution >= 4 is 34.8 Å². The van der Waals surface area contributed by atoms with Crippen LogP contribution in [0.15, 0.2) is 42.5 Å². The van der Waals surface area contributed by atoms with Crippen molar-refractivity contribution in [2.45, 2.75) is 40.5 Å². The van der Waals surface area contributed by atoms with Gasteiger partial charge in [-0.05, 0) is 68.2 Å². The second-order valence-electron chi connectivity index (χ2n) is 7.92. The van der Waals surface area contributed by atoms with Crippen LogP contribution in [0.2, 0.25) is 0 Å². The molecule has 0 aliphatic rings. The highest BCUT2D eigenvalue weighted by Gasteiger charge is 2.28. The van der Waals surface area contributed by atoms with Gasteiger partial charge in [0.15, 0.2) is 5.11 Å². The van der Waals surface area contributed by atoms with E-state index in [0.29, 0.717) is 24.3 Å². The number of hydrogen-bond acceptors (Lipinski definition) is 4. The smallest absolute Gasteiger partial charge is 0.250 e. The lowest BCUT2D eigenvalue weighted by Crippen LogP contribution is -2.42. The van der Waals surface area contributed by atoms with Gasteiger partial charge in [0.1, 0.15) is 5.75 Å². The average Bonchev–Trinajstić information content (AvgIpc) is 2.67. The molecule has 0 aliphatic heterocycles. The van der Waals surface area contributed by atoms with Crippen LogP contribution in [0.25, 0.3) is 0 Å². The van der Waals surface area contributed by atoms with E-state index in [-0.39, 0.29) is 11.0 Å². The number of primary amides is 1. The van der Waals surface area contributed by atoms with Gasteiger partial charge in [-0.2, -0.15) is 0 Å². The Labute approximate surface area is 183 Å². The van der Waals surface area contributed by atoms with Crippen LogP contribution >= 0.6 is 12.2 Å². The minimum Gasteiger partial charge on any atom is -0.493 e. The van der Waals surface area contributed by atoms with Crippen molar-refractivity contribution in [3.8, 4) is 5.75 Å². The van der Waals surface area contributed by atoms with Gasteiger partial charge >= 0.3 is 0 Å². The van der Waals surface area contributed by atoms with Gasteiger partial charge < -0.3 is 21.1 Å². The minimum absolute atomic E-state index is 0.119. The van der Waals surface area contributed by atoms with Gasteiger partial charge in [-0.3, -0.25) is 9.59 Å². The SMILES string of the molecule is Cc1ccc(C)c(OCCCC(C)(C)C(=O)NC(=S)Nc2ccccc2C(N)=O)c1. The number of hydrogen-bond donors (Lipinski definition) is 3. The number of anilines is 1.